The molecular weight excluding hydrogens is 320 g/mol. The van der Waals surface area contributed by atoms with Gasteiger partial charge in [0.05, 0.1) is 0 Å². The third-order valence-corrected chi connectivity index (χ3v) is 12.1. The van der Waals surface area contributed by atoms with E-state index in [0.717, 1.165) is 0 Å². The first-order valence-corrected chi connectivity index (χ1v) is 15.4. The molecule has 0 unspecified atom stereocenters. The fraction of sp³-hybridized carbons (Fsp3) is 0.385. The van der Waals surface area contributed by atoms with Gasteiger partial charge in [0.15, 0.2) is 0 Å². The molecule has 0 aromatic carbocycles. The van der Waals surface area contributed by atoms with E-state index in [1.54, 1.807) is 3.28 Å². The van der Waals surface area contributed by atoms with Gasteiger partial charge < -0.3 is 2.85 Å². The van der Waals surface area contributed by atoms with Crippen molar-refractivity contribution in [3.05, 3.63) is 41.3 Å². The van der Waals surface area contributed by atoms with Gasteiger partial charge in [-0.05, 0) is 0 Å². The predicted molar refractivity (Wildman–Crippen MR) is 68.2 cm³/mol. The Kier molecular flexibility index (Phi) is 3.73. The molecule has 0 heterocycles. The van der Waals surface area contributed by atoms with E-state index in [0.29, 0.717) is 0 Å². The van der Waals surface area contributed by atoms with E-state index < -0.39 is 36.5 Å². The van der Waals surface area contributed by atoms with E-state index >= 15 is 0 Å². The minimum absolute atomic E-state index is 0. The standard InChI is InChI=1S/C8H13Ge.C5H5.Zr.2H/c1-9(2,3)8-6-4-5-7-8;1-2-4-5-3-1;;;/h4,6H,5H2,1-3H3;1-3H,4H2;;;/q;;+2;2*-1. The van der Waals surface area contributed by atoms with Crippen molar-refractivity contribution in [3.8, 4) is 0 Å². The van der Waals surface area contributed by atoms with Gasteiger partial charge in [0, 0.05) is 0 Å². The molecule has 0 radical (unpaired) electrons. The average Bonchev–Trinajstić information content (AvgIpc) is 2.73. The second-order valence-electron chi connectivity index (χ2n) is 5.20. The molecule has 0 aromatic heterocycles. The Morgan fingerprint density at radius 1 is 1.20 bits per heavy atom. The van der Waals surface area contributed by atoms with Crippen molar-refractivity contribution >= 4 is 13.3 Å². The Morgan fingerprint density at radius 3 is 2.60 bits per heavy atom. The first kappa shape index (κ1) is 11.9. The normalized spacial score (nSPS) is 19.8. The molecule has 0 bridgehead atoms. The van der Waals surface area contributed by atoms with Crippen molar-refractivity contribution in [1.82, 2.24) is 0 Å². The largest absolute Gasteiger partial charge is 1.00 e. The van der Waals surface area contributed by atoms with Crippen molar-refractivity contribution < 1.29 is 26.1 Å². The third kappa shape index (κ3) is 2.94. The van der Waals surface area contributed by atoms with Crippen molar-refractivity contribution in [3.63, 3.8) is 0 Å². The minimum atomic E-state index is -1.57. The average molecular weight is 340 g/mol. The summed E-state index contributed by atoms with van der Waals surface area (Å²) in [5.74, 6) is 7.56. The Balaban J connectivity index is 0.00000128. The molecule has 0 aliphatic heterocycles. The molecule has 0 saturated carbocycles. The van der Waals surface area contributed by atoms with Crippen molar-refractivity contribution in [1.29, 1.82) is 0 Å². The van der Waals surface area contributed by atoms with Gasteiger partial charge in [0.25, 0.3) is 0 Å². The Morgan fingerprint density at radius 2 is 2.00 bits per heavy atom. The van der Waals surface area contributed by atoms with Gasteiger partial charge in [-0.2, -0.15) is 0 Å². The van der Waals surface area contributed by atoms with E-state index in [-0.39, 0.29) is 2.85 Å². The van der Waals surface area contributed by atoms with Crippen molar-refractivity contribution in [2.75, 3.05) is 0 Å². The van der Waals surface area contributed by atoms with Crippen LogP contribution < -0.4 is 0 Å². The summed E-state index contributed by atoms with van der Waals surface area (Å²) in [5.41, 5.74) is 0. The van der Waals surface area contributed by atoms with Crippen LogP contribution in [0.3, 0.4) is 0 Å². The molecule has 15 heavy (non-hydrogen) atoms. The van der Waals surface area contributed by atoms with Crippen LogP contribution in [0.15, 0.2) is 41.3 Å². The monoisotopic (exact) mass is 340 g/mol. The SMILES string of the molecule is [CH3][Ge]([CH3])([CH3])[C]1=[C]([Zr+2][C]2=CC=CC2)CC=C1.[H-].[H-]. The van der Waals surface area contributed by atoms with Crippen molar-refractivity contribution in [2.24, 2.45) is 0 Å². The van der Waals surface area contributed by atoms with Crippen LogP contribution in [0.1, 0.15) is 15.7 Å². The Labute approximate surface area is 110 Å². The van der Waals surface area contributed by atoms with E-state index in [4.69, 9.17) is 0 Å². The van der Waals surface area contributed by atoms with E-state index in [9.17, 15) is 0 Å². The molecule has 0 spiro atoms. The fourth-order valence-corrected chi connectivity index (χ4v) is 14.0. The Bertz CT molecular complexity index is 387. The molecule has 2 aliphatic rings. The van der Waals surface area contributed by atoms with Crippen LogP contribution in [-0.4, -0.2) is 13.3 Å². The zero-order valence-electron chi connectivity index (χ0n) is 11.8. The van der Waals surface area contributed by atoms with Crippen LogP contribution in [-0.2, 0) is 23.2 Å². The molecular formula is C13H20GeZr. The summed E-state index contributed by atoms with van der Waals surface area (Å²) in [6.45, 7) is 0. The van der Waals surface area contributed by atoms with Crippen LogP contribution in [0.5, 0.6) is 0 Å². The molecule has 0 atom stereocenters. The predicted octanol–water partition coefficient (Wildman–Crippen LogP) is 4.23. The van der Waals surface area contributed by atoms with Gasteiger partial charge in [-0.3, -0.25) is 0 Å². The van der Waals surface area contributed by atoms with E-state index in [2.05, 4.69) is 47.6 Å². The third-order valence-electron chi connectivity index (χ3n) is 2.82. The van der Waals surface area contributed by atoms with Gasteiger partial charge in [-0.25, -0.2) is 0 Å². The molecule has 0 aromatic rings. The smallest absolute Gasteiger partial charge is 1.00 e. The summed E-state index contributed by atoms with van der Waals surface area (Å²) in [6, 6.07) is 0. The summed E-state index contributed by atoms with van der Waals surface area (Å²) in [4.78, 5) is 0. The summed E-state index contributed by atoms with van der Waals surface area (Å²) in [5, 5.41) is 0. The molecule has 0 nitrogen and oxygen atoms in total. The van der Waals surface area contributed by atoms with Gasteiger partial charge in [0.1, 0.15) is 0 Å². The Hall–Kier alpha value is 0.386. The molecule has 0 N–H and O–H groups in total. The van der Waals surface area contributed by atoms with Crippen LogP contribution in [0.25, 0.3) is 0 Å². The van der Waals surface area contributed by atoms with Crippen molar-refractivity contribution in [2.45, 2.75) is 30.1 Å². The second kappa shape index (κ2) is 4.71. The first-order chi connectivity index (χ1) is 7.07. The zero-order chi connectivity index (χ0) is 10.9. The zero-order valence-corrected chi connectivity index (χ0v) is 14.4. The summed E-state index contributed by atoms with van der Waals surface area (Å²) in [6.07, 6.45) is 14.3. The maximum atomic E-state index is 2.52. The number of hydrogen-bond donors (Lipinski definition) is 0. The van der Waals surface area contributed by atoms with Crippen LogP contribution >= 0.6 is 0 Å². The van der Waals surface area contributed by atoms with Gasteiger partial charge >= 0.3 is 108 Å². The second-order valence-corrected chi connectivity index (χ2v) is 19.4. The van der Waals surface area contributed by atoms with Gasteiger partial charge in [-0.1, -0.05) is 0 Å². The molecule has 0 amide bonds. The molecule has 2 rings (SSSR count). The maximum absolute atomic E-state index is 2.52. The number of allylic oxidation sites excluding steroid dienone is 8. The van der Waals surface area contributed by atoms with Gasteiger partial charge in [0.2, 0.25) is 0 Å². The first-order valence-electron chi connectivity index (χ1n) is 5.60. The van der Waals surface area contributed by atoms with E-state index in [1.807, 2.05) is 7.69 Å². The quantitative estimate of drug-likeness (QED) is 0.675. The summed E-state index contributed by atoms with van der Waals surface area (Å²) in [7, 11) is 0. The molecule has 80 valence electrons. The minimum Gasteiger partial charge on any atom is -1.00 e. The van der Waals surface area contributed by atoms with Crippen LogP contribution in [0.2, 0.25) is 17.3 Å². The molecule has 2 heteroatoms. The summed E-state index contributed by atoms with van der Waals surface area (Å²) >= 11 is -1.96. The number of rotatable bonds is 3. The summed E-state index contributed by atoms with van der Waals surface area (Å²) < 4.78 is 5.46. The van der Waals surface area contributed by atoms with Crippen LogP contribution in [0.4, 0.5) is 0 Å². The van der Waals surface area contributed by atoms with E-state index in [1.165, 1.54) is 12.8 Å². The van der Waals surface area contributed by atoms with Gasteiger partial charge in [-0.15, -0.1) is 0 Å². The maximum Gasteiger partial charge on any atom is -1.00 e. The molecule has 0 fully saturated rings. The van der Waals surface area contributed by atoms with Crippen LogP contribution in [0, 0.1) is 0 Å². The fourth-order valence-electron chi connectivity index (χ4n) is 2.06. The molecule has 0 saturated heterocycles. The topological polar surface area (TPSA) is 0 Å². The number of hydrogen-bond acceptors (Lipinski definition) is 0. The molecule has 2 aliphatic carbocycles.